The molecule has 1 aliphatic carbocycles. The fourth-order valence-electron chi connectivity index (χ4n) is 3.35. The molecule has 0 spiro atoms. The van der Waals surface area contributed by atoms with Crippen LogP contribution in [0.4, 0.5) is 0 Å². The molecular formula is C18H21ClN4O2. The van der Waals surface area contributed by atoms with Gasteiger partial charge in [0.25, 0.3) is 5.56 Å². The molecule has 2 aromatic rings. The molecule has 0 radical (unpaired) electrons. The predicted octanol–water partition coefficient (Wildman–Crippen LogP) is 2.07. The Balaban J connectivity index is 1.39. The third-order valence-electron chi connectivity index (χ3n) is 4.97. The second kappa shape index (κ2) is 6.77. The third-order valence-corrected chi connectivity index (χ3v) is 5.21. The van der Waals surface area contributed by atoms with E-state index >= 15 is 0 Å². The number of carbonyl (C=O) groups excluding carboxylic acids is 1. The highest BCUT2D eigenvalue weighted by atomic mass is 35.5. The molecule has 132 valence electrons. The van der Waals surface area contributed by atoms with Crippen molar-refractivity contribution in [2.75, 3.05) is 13.1 Å². The van der Waals surface area contributed by atoms with Crippen molar-refractivity contribution in [3.63, 3.8) is 0 Å². The van der Waals surface area contributed by atoms with Gasteiger partial charge in [0.2, 0.25) is 5.91 Å². The summed E-state index contributed by atoms with van der Waals surface area (Å²) in [6.45, 7) is 2.26. The molecule has 1 saturated heterocycles. The molecule has 1 saturated carbocycles. The predicted molar refractivity (Wildman–Crippen MR) is 96.5 cm³/mol. The number of hydrogen-bond donors (Lipinski definition) is 2. The van der Waals surface area contributed by atoms with Gasteiger partial charge in [0, 0.05) is 17.0 Å². The lowest BCUT2D eigenvalue weighted by atomic mass is 9.96. The van der Waals surface area contributed by atoms with E-state index < -0.39 is 0 Å². The van der Waals surface area contributed by atoms with Crippen molar-refractivity contribution < 1.29 is 4.79 Å². The molecule has 4 rings (SSSR count). The van der Waals surface area contributed by atoms with Gasteiger partial charge in [-0.05, 0) is 57.0 Å². The van der Waals surface area contributed by atoms with Crippen molar-refractivity contribution in [3.8, 4) is 0 Å². The number of aromatic nitrogens is 2. The first-order valence-electron chi connectivity index (χ1n) is 8.80. The molecule has 7 heteroatoms. The van der Waals surface area contributed by atoms with E-state index in [1.165, 1.54) is 0 Å². The molecule has 2 N–H and O–H groups in total. The topological polar surface area (TPSA) is 78.1 Å². The molecule has 0 unspecified atom stereocenters. The minimum Gasteiger partial charge on any atom is -0.353 e. The van der Waals surface area contributed by atoms with Crippen molar-refractivity contribution in [1.29, 1.82) is 0 Å². The van der Waals surface area contributed by atoms with Gasteiger partial charge in [-0.25, -0.2) is 4.98 Å². The maximum atomic E-state index is 12.2. The summed E-state index contributed by atoms with van der Waals surface area (Å²) in [6, 6.07) is 5.57. The number of halogens is 1. The standard InChI is InChI=1S/C18H21ClN4O2/c19-12-1-4-15-14(9-12)18(25)22-16(21-15)10-23-7-5-11(6-8-23)17(24)20-13-2-3-13/h1,4,9,11,13H,2-3,5-8,10H2,(H,20,24)(H,21,22,25). The number of carbonyl (C=O) groups is 1. The number of nitrogens with one attached hydrogen (secondary N) is 2. The summed E-state index contributed by atoms with van der Waals surface area (Å²) in [5, 5.41) is 4.13. The molecule has 25 heavy (non-hydrogen) atoms. The van der Waals surface area contributed by atoms with Gasteiger partial charge in [0.05, 0.1) is 17.4 Å². The Bertz CT molecular complexity index is 854. The molecule has 1 amide bonds. The zero-order valence-corrected chi connectivity index (χ0v) is 14.7. The van der Waals surface area contributed by atoms with E-state index in [2.05, 4.69) is 20.2 Å². The van der Waals surface area contributed by atoms with Crippen LogP contribution in [0.15, 0.2) is 23.0 Å². The minimum atomic E-state index is -0.166. The average molecular weight is 361 g/mol. The van der Waals surface area contributed by atoms with Gasteiger partial charge in [-0.2, -0.15) is 0 Å². The average Bonchev–Trinajstić information content (AvgIpc) is 3.40. The summed E-state index contributed by atoms with van der Waals surface area (Å²) >= 11 is 5.94. The van der Waals surface area contributed by atoms with Crippen molar-refractivity contribution >= 4 is 28.4 Å². The van der Waals surface area contributed by atoms with Crippen molar-refractivity contribution in [2.24, 2.45) is 5.92 Å². The first-order valence-corrected chi connectivity index (χ1v) is 9.17. The number of rotatable bonds is 4. The maximum Gasteiger partial charge on any atom is 0.258 e. The molecule has 1 aromatic heterocycles. The number of benzene rings is 1. The van der Waals surface area contributed by atoms with E-state index in [1.807, 2.05) is 0 Å². The van der Waals surface area contributed by atoms with Gasteiger partial charge < -0.3 is 10.3 Å². The van der Waals surface area contributed by atoms with E-state index in [1.54, 1.807) is 18.2 Å². The van der Waals surface area contributed by atoms with Gasteiger partial charge in [0.15, 0.2) is 0 Å². The van der Waals surface area contributed by atoms with Crippen LogP contribution >= 0.6 is 11.6 Å². The van der Waals surface area contributed by atoms with Crippen LogP contribution in [0.3, 0.4) is 0 Å². The van der Waals surface area contributed by atoms with Crippen LogP contribution in [0, 0.1) is 5.92 Å². The Morgan fingerprint density at radius 1 is 1.28 bits per heavy atom. The highest BCUT2D eigenvalue weighted by Crippen LogP contribution is 2.23. The zero-order chi connectivity index (χ0) is 17.4. The van der Waals surface area contributed by atoms with Crippen LogP contribution in [0.2, 0.25) is 5.02 Å². The smallest absolute Gasteiger partial charge is 0.258 e. The molecule has 2 aliphatic rings. The Hall–Kier alpha value is -1.92. The lowest BCUT2D eigenvalue weighted by Gasteiger charge is -2.30. The molecule has 0 bridgehead atoms. The van der Waals surface area contributed by atoms with Crippen LogP contribution in [0.5, 0.6) is 0 Å². The van der Waals surface area contributed by atoms with Gasteiger partial charge >= 0.3 is 0 Å². The van der Waals surface area contributed by atoms with Crippen molar-refractivity contribution in [2.45, 2.75) is 38.3 Å². The van der Waals surface area contributed by atoms with Gasteiger partial charge in [0.1, 0.15) is 5.82 Å². The van der Waals surface area contributed by atoms with Gasteiger partial charge in [-0.3, -0.25) is 14.5 Å². The van der Waals surface area contributed by atoms with Crippen LogP contribution in [0.1, 0.15) is 31.5 Å². The van der Waals surface area contributed by atoms with Crippen LogP contribution in [-0.4, -0.2) is 39.9 Å². The van der Waals surface area contributed by atoms with E-state index in [0.29, 0.717) is 34.3 Å². The number of fused-ring (bicyclic) bond motifs is 1. The van der Waals surface area contributed by atoms with E-state index in [-0.39, 0.29) is 17.4 Å². The van der Waals surface area contributed by atoms with Crippen LogP contribution in [-0.2, 0) is 11.3 Å². The molecule has 6 nitrogen and oxygen atoms in total. The van der Waals surface area contributed by atoms with E-state index in [0.717, 1.165) is 38.8 Å². The highest BCUT2D eigenvalue weighted by Gasteiger charge is 2.30. The quantitative estimate of drug-likeness (QED) is 0.875. The van der Waals surface area contributed by atoms with Crippen molar-refractivity contribution in [3.05, 3.63) is 39.4 Å². The third kappa shape index (κ3) is 3.85. The number of H-pyrrole nitrogens is 1. The molecule has 1 aliphatic heterocycles. The summed E-state index contributed by atoms with van der Waals surface area (Å²) in [5.41, 5.74) is 0.489. The molecule has 0 atom stereocenters. The zero-order valence-electron chi connectivity index (χ0n) is 13.9. The SMILES string of the molecule is O=C(NC1CC1)C1CCN(Cc2nc3ccc(Cl)cc3c(=O)[nH]2)CC1. The van der Waals surface area contributed by atoms with Gasteiger partial charge in [-0.15, -0.1) is 0 Å². The first-order chi connectivity index (χ1) is 12.1. The van der Waals surface area contributed by atoms with Crippen LogP contribution in [0.25, 0.3) is 10.9 Å². The minimum absolute atomic E-state index is 0.114. The largest absolute Gasteiger partial charge is 0.353 e. The van der Waals surface area contributed by atoms with Gasteiger partial charge in [-0.1, -0.05) is 11.6 Å². The Morgan fingerprint density at radius 2 is 2.04 bits per heavy atom. The number of aromatic amines is 1. The molecule has 1 aromatic carbocycles. The Kier molecular flexibility index (Phi) is 4.48. The van der Waals surface area contributed by atoms with Crippen LogP contribution < -0.4 is 10.9 Å². The normalized spacial score (nSPS) is 19.2. The summed E-state index contributed by atoms with van der Waals surface area (Å²) in [5.74, 6) is 0.972. The number of hydrogen-bond acceptors (Lipinski definition) is 4. The monoisotopic (exact) mass is 360 g/mol. The summed E-state index contributed by atoms with van der Waals surface area (Å²) in [6.07, 6.45) is 3.95. The number of likely N-dealkylation sites (tertiary alicyclic amines) is 1. The summed E-state index contributed by atoms with van der Waals surface area (Å²) < 4.78 is 0. The lowest BCUT2D eigenvalue weighted by Crippen LogP contribution is -2.41. The molecular weight excluding hydrogens is 340 g/mol. The highest BCUT2D eigenvalue weighted by molar-refractivity contribution is 6.31. The lowest BCUT2D eigenvalue weighted by molar-refractivity contribution is -0.126. The fraction of sp³-hybridized carbons (Fsp3) is 0.500. The summed E-state index contributed by atoms with van der Waals surface area (Å²) in [7, 11) is 0. The van der Waals surface area contributed by atoms with E-state index in [4.69, 9.17) is 11.6 Å². The fourth-order valence-corrected chi connectivity index (χ4v) is 3.52. The van der Waals surface area contributed by atoms with Crippen molar-refractivity contribution in [1.82, 2.24) is 20.2 Å². The second-order valence-corrected chi connectivity index (χ2v) is 7.44. The molecule has 2 fully saturated rings. The Morgan fingerprint density at radius 3 is 2.76 bits per heavy atom. The number of amides is 1. The summed E-state index contributed by atoms with van der Waals surface area (Å²) in [4.78, 5) is 34.0. The number of piperidine rings is 1. The maximum absolute atomic E-state index is 12.2. The Labute approximate surface area is 150 Å². The van der Waals surface area contributed by atoms with E-state index in [9.17, 15) is 9.59 Å². The second-order valence-electron chi connectivity index (χ2n) is 7.01. The molecule has 2 heterocycles. The first kappa shape index (κ1) is 16.5. The number of nitrogens with zero attached hydrogens (tertiary/aromatic N) is 2.